The van der Waals surface area contributed by atoms with Crippen LogP contribution in [0.25, 0.3) is 10.9 Å². The molecular weight excluding hydrogens is 387 g/mol. The summed E-state index contributed by atoms with van der Waals surface area (Å²) in [6.07, 6.45) is 3.40. The van der Waals surface area contributed by atoms with Crippen LogP contribution in [0.5, 0.6) is 0 Å². The van der Waals surface area contributed by atoms with Crippen molar-refractivity contribution in [1.82, 2.24) is 20.2 Å². The molecule has 0 aliphatic heterocycles. The maximum Gasteiger partial charge on any atom is 0.229 e. The Hall–Kier alpha value is -3.00. The molecule has 124 valence electrons. The smallest absolute Gasteiger partial charge is 0.229 e. The summed E-state index contributed by atoms with van der Waals surface area (Å²) in [5.74, 6) is 0.730. The third-order valence-electron chi connectivity index (χ3n) is 3.55. The first kappa shape index (κ1) is 15.5. The lowest BCUT2D eigenvalue weighted by molar-refractivity contribution is 0.628. The maximum atomic E-state index is 13.0. The summed E-state index contributed by atoms with van der Waals surface area (Å²) >= 11 is 3.41. The highest BCUT2D eigenvalue weighted by molar-refractivity contribution is 9.10. The van der Waals surface area contributed by atoms with E-state index in [4.69, 9.17) is 0 Å². The number of nitrogens with one attached hydrogen (secondary N) is 3. The van der Waals surface area contributed by atoms with Crippen molar-refractivity contribution in [2.75, 3.05) is 10.6 Å². The van der Waals surface area contributed by atoms with Gasteiger partial charge in [0.2, 0.25) is 5.95 Å². The number of hydrogen-bond acceptors (Lipinski definition) is 5. The number of H-pyrrole nitrogens is 1. The SMILES string of the molecule is Fc1ccc(Nc2nc(Nc3ccc4[nH]ncc4c3)ncc2Br)cc1. The Balaban J connectivity index is 1.58. The zero-order valence-electron chi connectivity index (χ0n) is 12.8. The second-order valence-corrected chi connectivity index (χ2v) is 6.17. The molecule has 0 spiro atoms. The molecule has 0 unspecified atom stereocenters. The third-order valence-corrected chi connectivity index (χ3v) is 4.13. The Morgan fingerprint density at radius 2 is 1.76 bits per heavy atom. The van der Waals surface area contributed by atoms with Gasteiger partial charge in [-0.2, -0.15) is 10.1 Å². The van der Waals surface area contributed by atoms with E-state index >= 15 is 0 Å². The van der Waals surface area contributed by atoms with Crippen LogP contribution in [-0.4, -0.2) is 20.2 Å². The van der Waals surface area contributed by atoms with Gasteiger partial charge in [0.05, 0.1) is 16.2 Å². The predicted octanol–water partition coefficient (Wildman–Crippen LogP) is 4.74. The molecule has 0 fully saturated rings. The number of aromatic amines is 1. The van der Waals surface area contributed by atoms with Gasteiger partial charge < -0.3 is 10.6 Å². The molecule has 2 heterocycles. The Bertz CT molecular complexity index is 1030. The molecule has 0 saturated heterocycles. The Kier molecular flexibility index (Phi) is 4.02. The van der Waals surface area contributed by atoms with E-state index in [2.05, 4.69) is 46.7 Å². The molecule has 4 aromatic rings. The van der Waals surface area contributed by atoms with E-state index in [1.807, 2.05) is 18.2 Å². The number of hydrogen-bond donors (Lipinski definition) is 3. The largest absolute Gasteiger partial charge is 0.339 e. The van der Waals surface area contributed by atoms with Crippen LogP contribution in [0, 0.1) is 5.82 Å². The quantitative estimate of drug-likeness (QED) is 0.462. The molecule has 0 aliphatic carbocycles. The van der Waals surface area contributed by atoms with E-state index in [-0.39, 0.29) is 5.82 Å². The highest BCUT2D eigenvalue weighted by Crippen LogP contribution is 2.26. The minimum absolute atomic E-state index is 0.288. The van der Waals surface area contributed by atoms with Crippen molar-refractivity contribution < 1.29 is 4.39 Å². The van der Waals surface area contributed by atoms with Crippen LogP contribution >= 0.6 is 15.9 Å². The highest BCUT2D eigenvalue weighted by Gasteiger charge is 2.07. The second kappa shape index (κ2) is 6.48. The van der Waals surface area contributed by atoms with Crippen molar-refractivity contribution in [3.63, 3.8) is 0 Å². The van der Waals surface area contributed by atoms with Crippen LogP contribution in [0.3, 0.4) is 0 Å². The van der Waals surface area contributed by atoms with Crippen molar-refractivity contribution >= 4 is 50.0 Å². The van der Waals surface area contributed by atoms with E-state index in [1.54, 1.807) is 24.5 Å². The Morgan fingerprint density at radius 1 is 0.960 bits per heavy atom. The second-order valence-electron chi connectivity index (χ2n) is 5.32. The standard InChI is InChI=1S/C17H12BrFN6/c18-14-9-20-17(23-13-5-6-15-10(7-13)8-21-25-15)24-16(14)22-12-3-1-11(19)2-4-12/h1-9H,(H,21,25)(H2,20,22,23,24). The summed E-state index contributed by atoms with van der Waals surface area (Å²) in [6.45, 7) is 0. The van der Waals surface area contributed by atoms with Crippen molar-refractivity contribution in [3.05, 3.63) is 65.1 Å². The third kappa shape index (κ3) is 3.43. The summed E-state index contributed by atoms with van der Waals surface area (Å²) in [5.41, 5.74) is 2.54. The average Bonchev–Trinajstić information content (AvgIpc) is 3.07. The van der Waals surface area contributed by atoms with E-state index in [9.17, 15) is 4.39 Å². The van der Waals surface area contributed by atoms with Gasteiger partial charge in [0.15, 0.2) is 0 Å². The van der Waals surface area contributed by atoms with Crippen LogP contribution in [0.2, 0.25) is 0 Å². The number of rotatable bonds is 4. The van der Waals surface area contributed by atoms with Crippen molar-refractivity contribution in [2.45, 2.75) is 0 Å². The normalized spacial score (nSPS) is 10.8. The van der Waals surface area contributed by atoms with Gasteiger partial charge in [-0.15, -0.1) is 0 Å². The van der Waals surface area contributed by atoms with Crippen molar-refractivity contribution in [2.24, 2.45) is 0 Å². The molecule has 2 aromatic heterocycles. The first-order valence-electron chi connectivity index (χ1n) is 7.43. The molecule has 3 N–H and O–H groups in total. The molecule has 8 heteroatoms. The molecular formula is C17H12BrFN6. The summed E-state index contributed by atoms with van der Waals surface area (Å²) < 4.78 is 13.7. The van der Waals surface area contributed by atoms with Gasteiger partial charge >= 0.3 is 0 Å². The summed E-state index contributed by atoms with van der Waals surface area (Å²) in [6, 6.07) is 11.9. The zero-order chi connectivity index (χ0) is 17.2. The first-order valence-corrected chi connectivity index (χ1v) is 8.22. The van der Waals surface area contributed by atoms with Gasteiger partial charge in [0.1, 0.15) is 11.6 Å². The Labute approximate surface area is 150 Å². The van der Waals surface area contributed by atoms with E-state index in [0.717, 1.165) is 22.3 Å². The van der Waals surface area contributed by atoms with Gasteiger partial charge in [-0.05, 0) is 58.4 Å². The van der Waals surface area contributed by atoms with Gasteiger partial charge in [-0.25, -0.2) is 9.37 Å². The molecule has 0 radical (unpaired) electrons. The number of benzene rings is 2. The van der Waals surface area contributed by atoms with Crippen LogP contribution in [-0.2, 0) is 0 Å². The summed E-state index contributed by atoms with van der Waals surface area (Å²) in [7, 11) is 0. The zero-order valence-corrected chi connectivity index (χ0v) is 14.4. The summed E-state index contributed by atoms with van der Waals surface area (Å²) in [5, 5.41) is 14.2. The molecule has 0 bridgehead atoms. The molecule has 2 aromatic carbocycles. The van der Waals surface area contributed by atoms with Gasteiger partial charge in [-0.1, -0.05) is 0 Å². The number of aromatic nitrogens is 4. The topological polar surface area (TPSA) is 78.5 Å². The highest BCUT2D eigenvalue weighted by atomic mass is 79.9. The van der Waals surface area contributed by atoms with Crippen LogP contribution in [0.4, 0.5) is 27.5 Å². The fraction of sp³-hybridized carbons (Fsp3) is 0. The molecule has 6 nitrogen and oxygen atoms in total. The number of halogens is 2. The van der Waals surface area contributed by atoms with Gasteiger partial charge in [0.25, 0.3) is 0 Å². The molecule has 0 atom stereocenters. The fourth-order valence-electron chi connectivity index (χ4n) is 2.33. The minimum atomic E-state index is -0.288. The molecule has 4 rings (SSSR count). The number of nitrogens with zero attached hydrogens (tertiary/aromatic N) is 3. The monoisotopic (exact) mass is 398 g/mol. The van der Waals surface area contributed by atoms with E-state index in [0.29, 0.717) is 16.2 Å². The number of fused-ring (bicyclic) bond motifs is 1. The summed E-state index contributed by atoms with van der Waals surface area (Å²) in [4.78, 5) is 8.72. The van der Waals surface area contributed by atoms with Crippen LogP contribution < -0.4 is 10.6 Å². The number of anilines is 4. The maximum absolute atomic E-state index is 13.0. The van der Waals surface area contributed by atoms with Crippen molar-refractivity contribution in [1.29, 1.82) is 0 Å². The lowest BCUT2D eigenvalue weighted by Gasteiger charge is -2.10. The molecule has 0 aliphatic rings. The lowest BCUT2D eigenvalue weighted by Crippen LogP contribution is -2.01. The first-order chi connectivity index (χ1) is 12.2. The molecule has 25 heavy (non-hydrogen) atoms. The lowest BCUT2D eigenvalue weighted by atomic mass is 10.2. The minimum Gasteiger partial charge on any atom is -0.339 e. The molecule has 0 saturated carbocycles. The predicted molar refractivity (Wildman–Crippen MR) is 98.8 cm³/mol. The van der Waals surface area contributed by atoms with E-state index < -0.39 is 0 Å². The van der Waals surface area contributed by atoms with Crippen LogP contribution in [0.1, 0.15) is 0 Å². The van der Waals surface area contributed by atoms with Gasteiger partial charge in [0, 0.05) is 23.0 Å². The van der Waals surface area contributed by atoms with Crippen LogP contribution in [0.15, 0.2) is 59.3 Å². The fourth-order valence-corrected chi connectivity index (χ4v) is 2.62. The van der Waals surface area contributed by atoms with Gasteiger partial charge in [-0.3, -0.25) is 5.10 Å². The molecule has 0 amide bonds. The van der Waals surface area contributed by atoms with Crippen molar-refractivity contribution in [3.8, 4) is 0 Å². The Morgan fingerprint density at radius 3 is 2.60 bits per heavy atom. The average molecular weight is 399 g/mol. The van der Waals surface area contributed by atoms with E-state index in [1.165, 1.54) is 12.1 Å².